The Balaban J connectivity index is 1.73. The lowest BCUT2D eigenvalue weighted by molar-refractivity contribution is -0.885. The fraction of sp³-hybridized carbons (Fsp3) is 0.300. The number of para-hydroxylation sites is 1. The van der Waals surface area contributed by atoms with E-state index in [4.69, 9.17) is 0 Å². The first-order valence-electron chi connectivity index (χ1n) is 8.68. The maximum absolute atomic E-state index is 12.0. The van der Waals surface area contributed by atoms with E-state index in [-0.39, 0.29) is 18.4 Å². The van der Waals surface area contributed by atoms with Crippen LogP contribution < -0.4 is 15.5 Å². The molecule has 2 rings (SSSR count). The van der Waals surface area contributed by atoms with Crippen LogP contribution in [0.5, 0.6) is 0 Å². The Morgan fingerprint density at radius 2 is 1.65 bits per heavy atom. The summed E-state index contributed by atoms with van der Waals surface area (Å²) in [7, 11) is 1.97. The topological polar surface area (TPSA) is 62.6 Å². The molecule has 2 amide bonds. The minimum absolute atomic E-state index is 0.0430. The van der Waals surface area contributed by atoms with Crippen LogP contribution in [0, 0.1) is 0 Å². The normalized spacial score (nSPS) is 11.7. The quantitative estimate of drug-likeness (QED) is 0.611. The Kier molecular flexibility index (Phi) is 7.81. The van der Waals surface area contributed by atoms with Crippen LogP contribution in [-0.4, -0.2) is 32.0 Å². The molecule has 0 spiro atoms. The lowest BCUT2D eigenvalue weighted by Gasteiger charge is -2.14. The van der Waals surface area contributed by atoms with E-state index in [1.54, 1.807) is 6.07 Å². The number of anilines is 1. The second-order valence-electron chi connectivity index (χ2n) is 6.29. The van der Waals surface area contributed by atoms with E-state index < -0.39 is 0 Å². The Morgan fingerprint density at radius 1 is 1.00 bits per heavy atom. The van der Waals surface area contributed by atoms with Crippen molar-refractivity contribution >= 4 is 33.4 Å². The molecule has 0 heterocycles. The maximum Gasteiger partial charge on any atom is 0.275 e. The van der Waals surface area contributed by atoms with E-state index >= 15 is 0 Å². The van der Waals surface area contributed by atoms with Gasteiger partial charge in [-0.3, -0.25) is 9.59 Å². The van der Waals surface area contributed by atoms with Gasteiger partial charge >= 0.3 is 0 Å². The number of quaternary nitrogens is 1. The minimum atomic E-state index is -0.252. The molecule has 3 N–H and O–H groups in total. The third kappa shape index (κ3) is 6.61. The Labute approximate surface area is 162 Å². The van der Waals surface area contributed by atoms with Crippen molar-refractivity contribution in [2.45, 2.75) is 19.9 Å². The first kappa shape index (κ1) is 20.1. The van der Waals surface area contributed by atoms with Crippen molar-refractivity contribution in [2.24, 2.45) is 0 Å². The summed E-state index contributed by atoms with van der Waals surface area (Å²) < 4.78 is 0.804. The Bertz CT molecular complexity index is 747. The van der Waals surface area contributed by atoms with Crippen LogP contribution in [0.1, 0.15) is 18.1 Å². The molecule has 0 saturated heterocycles. The number of likely N-dealkylation sites (N-methyl/N-ethyl adjacent to an activating group) is 1. The van der Waals surface area contributed by atoms with Gasteiger partial charge in [-0.2, -0.15) is 0 Å². The van der Waals surface area contributed by atoms with Crippen LogP contribution in [0.2, 0.25) is 0 Å². The van der Waals surface area contributed by atoms with E-state index in [1.165, 1.54) is 11.1 Å². The van der Waals surface area contributed by atoms with E-state index in [1.807, 2.05) is 25.2 Å². The molecule has 26 heavy (non-hydrogen) atoms. The van der Waals surface area contributed by atoms with Gasteiger partial charge in [0.15, 0.2) is 6.54 Å². The van der Waals surface area contributed by atoms with Gasteiger partial charge < -0.3 is 15.5 Å². The number of rotatable bonds is 8. The molecule has 1 unspecified atom stereocenters. The van der Waals surface area contributed by atoms with Crippen molar-refractivity contribution in [3.63, 3.8) is 0 Å². The van der Waals surface area contributed by atoms with Crippen molar-refractivity contribution in [3.8, 4) is 0 Å². The number of carbonyl (C=O) groups is 2. The highest BCUT2D eigenvalue weighted by molar-refractivity contribution is 9.10. The van der Waals surface area contributed by atoms with Crippen molar-refractivity contribution in [2.75, 3.05) is 25.5 Å². The summed E-state index contributed by atoms with van der Waals surface area (Å²) in [6.45, 7) is 3.17. The summed E-state index contributed by atoms with van der Waals surface area (Å²) in [6.07, 6.45) is 1.02. The maximum atomic E-state index is 12.0. The molecule has 1 atom stereocenters. The number of nitrogens with one attached hydrogen (secondary N) is 3. The smallest absolute Gasteiger partial charge is 0.275 e. The van der Waals surface area contributed by atoms with Crippen LogP contribution >= 0.6 is 15.9 Å². The number of hydrogen-bond acceptors (Lipinski definition) is 2. The summed E-state index contributed by atoms with van der Waals surface area (Å²) in [4.78, 5) is 25.1. The molecular weight excluding hydrogens is 394 g/mol. The van der Waals surface area contributed by atoms with Gasteiger partial charge in [0, 0.05) is 10.0 Å². The van der Waals surface area contributed by atoms with Gasteiger partial charge in [-0.25, -0.2) is 0 Å². The number of benzene rings is 2. The Morgan fingerprint density at radius 3 is 2.31 bits per heavy atom. The second-order valence-corrected chi connectivity index (χ2v) is 7.14. The van der Waals surface area contributed by atoms with E-state index in [0.717, 1.165) is 22.3 Å². The zero-order chi connectivity index (χ0) is 18.9. The van der Waals surface area contributed by atoms with Gasteiger partial charge in [0.1, 0.15) is 6.54 Å². The third-order valence-electron chi connectivity index (χ3n) is 3.99. The van der Waals surface area contributed by atoms with Crippen molar-refractivity contribution in [3.05, 3.63) is 64.1 Å². The molecule has 0 saturated carbocycles. The molecule has 2 aromatic rings. The van der Waals surface area contributed by atoms with Crippen LogP contribution in [0.25, 0.3) is 0 Å². The van der Waals surface area contributed by atoms with Crippen LogP contribution in [-0.2, 0) is 22.6 Å². The molecule has 0 bridgehead atoms. The number of carbonyl (C=O) groups excluding carboxylic acids is 2. The molecule has 0 aliphatic heterocycles. The van der Waals surface area contributed by atoms with Crippen LogP contribution in [0.15, 0.2) is 53.0 Å². The molecule has 0 aliphatic rings. The molecule has 0 fully saturated rings. The Hall–Kier alpha value is -2.18. The van der Waals surface area contributed by atoms with Gasteiger partial charge in [-0.1, -0.05) is 43.3 Å². The molecule has 5 nitrogen and oxygen atoms in total. The summed E-state index contributed by atoms with van der Waals surface area (Å²) in [5, 5.41) is 5.43. The average Bonchev–Trinajstić information content (AvgIpc) is 2.62. The van der Waals surface area contributed by atoms with E-state index in [9.17, 15) is 9.59 Å². The first-order valence-corrected chi connectivity index (χ1v) is 9.47. The number of hydrogen-bond donors (Lipinski definition) is 3. The number of halogens is 1. The number of amides is 2. The second kappa shape index (κ2) is 10.1. The van der Waals surface area contributed by atoms with Gasteiger partial charge in [0.2, 0.25) is 5.91 Å². The summed E-state index contributed by atoms with van der Waals surface area (Å²) in [5.41, 5.74) is 3.18. The average molecular weight is 419 g/mol. The van der Waals surface area contributed by atoms with E-state index in [0.29, 0.717) is 12.2 Å². The summed E-state index contributed by atoms with van der Waals surface area (Å²) >= 11 is 3.37. The molecule has 0 aliphatic carbocycles. The van der Waals surface area contributed by atoms with E-state index in [2.05, 4.69) is 57.8 Å². The zero-order valence-electron chi connectivity index (χ0n) is 15.1. The SMILES string of the molecule is CCc1ccc(C[NH+](C)CC(=O)NCC(=O)Nc2ccccc2Br)cc1. The van der Waals surface area contributed by atoms with Crippen molar-refractivity contribution in [1.82, 2.24) is 5.32 Å². The van der Waals surface area contributed by atoms with Crippen LogP contribution in [0.4, 0.5) is 5.69 Å². The third-order valence-corrected chi connectivity index (χ3v) is 4.69. The fourth-order valence-electron chi connectivity index (χ4n) is 2.58. The van der Waals surface area contributed by atoms with Crippen molar-refractivity contribution < 1.29 is 14.5 Å². The highest BCUT2D eigenvalue weighted by Gasteiger charge is 2.12. The molecule has 0 radical (unpaired) electrons. The van der Waals surface area contributed by atoms with Gasteiger partial charge in [-0.15, -0.1) is 0 Å². The molecule has 0 aromatic heterocycles. The lowest BCUT2D eigenvalue weighted by Crippen LogP contribution is -3.08. The van der Waals surface area contributed by atoms with Crippen LogP contribution in [0.3, 0.4) is 0 Å². The highest BCUT2D eigenvalue weighted by Crippen LogP contribution is 2.20. The predicted molar refractivity (Wildman–Crippen MR) is 107 cm³/mol. The zero-order valence-corrected chi connectivity index (χ0v) is 16.7. The first-order chi connectivity index (χ1) is 12.5. The lowest BCUT2D eigenvalue weighted by atomic mass is 10.1. The monoisotopic (exact) mass is 418 g/mol. The molecule has 6 heteroatoms. The largest absolute Gasteiger partial charge is 0.342 e. The van der Waals surface area contributed by atoms with Gasteiger partial charge in [0.25, 0.3) is 5.91 Å². The van der Waals surface area contributed by atoms with Gasteiger partial charge in [0.05, 0.1) is 19.3 Å². The standard InChI is InChI=1S/C20H24BrN3O2/c1-3-15-8-10-16(11-9-15)13-24(2)14-20(26)22-12-19(25)23-18-7-5-4-6-17(18)21/h4-11H,3,12-14H2,1-2H3,(H,22,26)(H,23,25)/p+1. The summed E-state index contributed by atoms with van der Waals surface area (Å²) in [5.74, 6) is -0.395. The molecular formula is C20H25BrN3O2+. The molecule has 2 aromatic carbocycles. The molecule has 138 valence electrons. The predicted octanol–water partition coefficient (Wildman–Crippen LogP) is 1.78. The minimum Gasteiger partial charge on any atom is -0.342 e. The number of aryl methyl sites for hydroxylation is 1. The van der Waals surface area contributed by atoms with Crippen molar-refractivity contribution in [1.29, 1.82) is 0 Å². The fourth-order valence-corrected chi connectivity index (χ4v) is 2.96. The van der Waals surface area contributed by atoms with Gasteiger partial charge in [-0.05, 0) is 40.0 Å². The highest BCUT2D eigenvalue weighted by atomic mass is 79.9. The summed E-state index contributed by atoms with van der Waals surface area (Å²) in [6, 6.07) is 15.8.